The first-order valence-corrected chi connectivity index (χ1v) is 9.07. The quantitative estimate of drug-likeness (QED) is 0.503. The Morgan fingerprint density at radius 1 is 1.09 bits per heavy atom. The van der Waals surface area contributed by atoms with Crippen molar-refractivity contribution in [2.24, 2.45) is 34.0 Å². The standard InChI is InChI=1S/C22H36/c1-9-10-11-17-15-22(17,8)16-12-13-18(20(2,3)4)19(14-16)21(5,6)7/h10-14,17-19H,9,15H2,1-8H3/b11-10+/t17-,18?,19?,22-/m1/s1. The van der Waals surface area contributed by atoms with Crippen molar-refractivity contribution in [3.63, 3.8) is 0 Å². The normalized spacial score (nSPS) is 35.8. The average molecular weight is 301 g/mol. The lowest BCUT2D eigenvalue weighted by atomic mass is 9.61. The molecular weight excluding hydrogens is 264 g/mol. The predicted octanol–water partition coefficient (Wildman–Crippen LogP) is 6.80. The van der Waals surface area contributed by atoms with E-state index >= 15 is 0 Å². The van der Waals surface area contributed by atoms with Crippen LogP contribution in [0.5, 0.6) is 0 Å². The van der Waals surface area contributed by atoms with Gasteiger partial charge in [0.1, 0.15) is 0 Å². The van der Waals surface area contributed by atoms with Gasteiger partial charge in [0.2, 0.25) is 0 Å². The van der Waals surface area contributed by atoms with E-state index in [1.165, 1.54) is 6.42 Å². The molecule has 2 aliphatic rings. The topological polar surface area (TPSA) is 0 Å². The van der Waals surface area contributed by atoms with Gasteiger partial charge >= 0.3 is 0 Å². The van der Waals surface area contributed by atoms with E-state index in [0.717, 1.165) is 12.3 Å². The van der Waals surface area contributed by atoms with E-state index in [1.807, 2.05) is 0 Å². The molecule has 4 atom stereocenters. The molecular formula is C22H36. The molecule has 2 rings (SSSR count). The SMILES string of the molecule is CC/C=C/[C@@H]1C[C@]1(C)C1=CC(C(C)(C)C)C(C(C)(C)C)C=C1. The van der Waals surface area contributed by atoms with Crippen LogP contribution in [0.2, 0.25) is 0 Å². The highest BCUT2D eigenvalue weighted by atomic mass is 14.6. The maximum Gasteiger partial charge on any atom is -0.000949 e. The molecule has 1 saturated carbocycles. The minimum atomic E-state index is 0.313. The highest BCUT2D eigenvalue weighted by Gasteiger charge is 2.51. The molecule has 0 aromatic carbocycles. The Kier molecular flexibility index (Phi) is 4.55. The molecule has 0 aromatic rings. The van der Waals surface area contributed by atoms with Gasteiger partial charge in [0.25, 0.3) is 0 Å². The zero-order chi connectivity index (χ0) is 16.8. The number of allylic oxidation sites excluding steroid dienone is 6. The summed E-state index contributed by atoms with van der Waals surface area (Å²) in [6.45, 7) is 19.0. The van der Waals surface area contributed by atoms with Gasteiger partial charge in [-0.1, -0.05) is 85.8 Å². The van der Waals surface area contributed by atoms with Crippen LogP contribution in [0.4, 0.5) is 0 Å². The molecule has 124 valence electrons. The predicted molar refractivity (Wildman–Crippen MR) is 98.8 cm³/mol. The molecule has 0 aliphatic heterocycles. The highest BCUT2D eigenvalue weighted by Crippen LogP contribution is 2.60. The molecule has 0 heterocycles. The Morgan fingerprint density at radius 2 is 1.68 bits per heavy atom. The zero-order valence-electron chi connectivity index (χ0n) is 16.0. The fourth-order valence-electron chi connectivity index (χ4n) is 3.99. The van der Waals surface area contributed by atoms with Gasteiger partial charge < -0.3 is 0 Å². The molecule has 0 N–H and O–H groups in total. The van der Waals surface area contributed by atoms with Gasteiger partial charge in [0.15, 0.2) is 0 Å². The Hall–Kier alpha value is -0.780. The zero-order valence-corrected chi connectivity index (χ0v) is 16.0. The van der Waals surface area contributed by atoms with E-state index in [4.69, 9.17) is 0 Å². The second kappa shape index (κ2) is 5.69. The third kappa shape index (κ3) is 3.42. The van der Waals surface area contributed by atoms with E-state index < -0.39 is 0 Å². The van der Waals surface area contributed by atoms with Crippen molar-refractivity contribution < 1.29 is 0 Å². The van der Waals surface area contributed by atoms with E-state index in [9.17, 15) is 0 Å². The summed E-state index contributed by atoms with van der Waals surface area (Å²) in [5.41, 5.74) is 2.60. The Labute approximate surface area is 138 Å². The first-order valence-electron chi connectivity index (χ1n) is 9.07. The number of hydrogen-bond acceptors (Lipinski definition) is 0. The van der Waals surface area contributed by atoms with Crippen molar-refractivity contribution in [2.45, 2.75) is 68.2 Å². The molecule has 2 unspecified atom stereocenters. The van der Waals surface area contributed by atoms with Crippen molar-refractivity contribution >= 4 is 0 Å². The molecule has 0 saturated heterocycles. The molecule has 0 radical (unpaired) electrons. The lowest BCUT2D eigenvalue weighted by Gasteiger charge is -2.43. The van der Waals surface area contributed by atoms with E-state index in [1.54, 1.807) is 5.57 Å². The van der Waals surface area contributed by atoms with Gasteiger partial charge in [0, 0.05) is 0 Å². The van der Waals surface area contributed by atoms with Gasteiger partial charge in [-0.3, -0.25) is 0 Å². The molecule has 1 fully saturated rings. The summed E-state index contributed by atoms with van der Waals surface area (Å²) in [6, 6.07) is 0. The molecule has 0 amide bonds. The summed E-state index contributed by atoms with van der Waals surface area (Å²) >= 11 is 0. The third-order valence-corrected chi connectivity index (χ3v) is 5.79. The summed E-state index contributed by atoms with van der Waals surface area (Å²) in [5, 5.41) is 0. The van der Waals surface area contributed by atoms with E-state index in [2.05, 4.69) is 85.8 Å². The van der Waals surface area contributed by atoms with E-state index in [-0.39, 0.29) is 0 Å². The first-order chi connectivity index (χ1) is 10.00. The molecule has 22 heavy (non-hydrogen) atoms. The van der Waals surface area contributed by atoms with Crippen LogP contribution < -0.4 is 0 Å². The van der Waals surface area contributed by atoms with Crippen molar-refractivity contribution in [3.8, 4) is 0 Å². The maximum absolute atomic E-state index is 2.62. The van der Waals surface area contributed by atoms with Gasteiger partial charge in [0.05, 0.1) is 0 Å². The second-order valence-electron chi connectivity index (χ2n) is 9.83. The van der Waals surface area contributed by atoms with Crippen LogP contribution in [0.1, 0.15) is 68.2 Å². The van der Waals surface area contributed by atoms with Gasteiger partial charge in [-0.05, 0) is 52.4 Å². The van der Waals surface area contributed by atoms with E-state index in [0.29, 0.717) is 28.1 Å². The highest BCUT2D eigenvalue weighted by molar-refractivity contribution is 5.39. The minimum Gasteiger partial charge on any atom is -0.0885 e. The smallest absolute Gasteiger partial charge is 0.000949 e. The van der Waals surface area contributed by atoms with Gasteiger partial charge in [-0.15, -0.1) is 0 Å². The molecule has 0 heteroatoms. The second-order valence-corrected chi connectivity index (χ2v) is 9.83. The first kappa shape index (κ1) is 17.6. The molecule has 2 aliphatic carbocycles. The van der Waals surface area contributed by atoms with Crippen LogP contribution in [-0.4, -0.2) is 0 Å². The van der Waals surface area contributed by atoms with Crippen molar-refractivity contribution in [2.75, 3.05) is 0 Å². The van der Waals surface area contributed by atoms with Crippen LogP contribution in [0.15, 0.2) is 36.0 Å². The van der Waals surface area contributed by atoms with Crippen molar-refractivity contribution in [3.05, 3.63) is 36.0 Å². The summed E-state index contributed by atoms with van der Waals surface area (Å²) < 4.78 is 0. The number of rotatable bonds is 3. The summed E-state index contributed by atoms with van der Waals surface area (Å²) in [5.74, 6) is 2.00. The lowest BCUT2D eigenvalue weighted by molar-refractivity contribution is 0.139. The number of hydrogen-bond donors (Lipinski definition) is 0. The van der Waals surface area contributed by atoms with Crippen LogP contribution >= 0.6 is 0 Å². The monoisotopic (exact) mass is 300 g/mol. The van der Waals surface area contributed by atoms with Crippen molar-refractivity contribution in [1.29, 1.82) is 0 Å². The molecule has 0 bridgehead atoms. The third-order valence-electron chi connectivity index (χ3n) is 5.79. The van der Waals surface area contributed by atoms with Crippen LogP contribution in [-0.2, 0) is 0 Å². The maximum atomic E-state index is 2.62. The fourth-order valence-corrected chi connectivity index (χ4v) is 3.99. The Balaban J connectivity index is 2.28. The Bertz CT molecular complexity index is 489. The van der Waals surface area contributed by atoms with Crippen molar-refractivity contribution in [1.82, 2.24) is 0 Å². The van der Waals surface area contributed by atoms with Crippen LogP contribution in [0, 0.1) is 34.0 Å². The summed E-state index contributed by atoms with van der Waals surface area (Å²) in [4.78, 5) is 0. The van der Waals surface area contributed by atoms with Gasteiger partial charge in [-0.2, -0.15) is 0 Å². The lowest BCUT2D eigenvalue weighted by Crippen LogP contribution is -2.35. The summed E-state index contributed by atoms with van der Waals surface area (Å²) in [7, 11) is 0. The van der Waals surface area contributed by atoms with Crippen LogP contribution in [0.25, 0.3) is 0 Å². The average Bonchev–Trinajstić information content (AvgIpc) is 3.06. The molecule has 0 aromatic heterocycles. The molecule has 0 spiro atoms. The fraction of sp³-hybridized carbons (Fsp3) is 0.727. The van der Waals surface area contributed by atoms with Crippen LogP contribution in [0.3, 0.4) is 0 Å². The minimum absolute atomic E-state index is 0.313. The largest absolute Gasteiger partial charge is 0.0885 e. The molecule has 0 nitrogen and oxygen atoms in total. The Morgan fingerprint density at radius 3 is 2.18 bits per heavy atom. The summed E-state index contributed by atoms with van der Waals surface area (Å²) in [6.07, 6.45) is 14.8. The van der Waals surface area contributed by atoms with Gasteiger partial charge in [-0.25, -0.2) is 0 Å².